The van der Waals surface area contributed by atoms with Gasteiger partial charge in [-0.2, -0.15) is 4.98 Å². The number of thioether (sulfide) groups is 1. The zero-order chi connectivity index (χ0) is 22.2. The molecule has 0 spiro atoms. The van der Waals surface area contributed by atoms with Crippen molar-refractivity contribution >= 4 is 50.4 Å². The van der Waals surface area contributed by atoms with E-state index in [1.807, 2.05) is 22.8 Å². The Kier molecular flexibility index (Phi) is 5.81. The van der Waals surface area contributed by atoms with Crippen LogP contribution in [0.5, 0.6) is 0 Å². The van der Waals surface area contributed by atoms with E-state index < -0.39 is 5.69 Å². The molecule has 0 bridgehead atoms. The highest BCUT2D eigenvalue weighted by Gasteiger charge is 2.24. The predicted octanol–water partition coefficient (Wildman–Crippen LogP) is 3.45. The lowest BCUT2D eigenvalue weighted by Crippen LogP contribution is -2.36. The fourth-order valence-corrected chi connectivity index (χ4v) is 6.41. The van der Waals surface area contributed by atoms with Crippen LogP contribution in [0.2, 0.25) is 0 Å². The summed E-state index contributed by atoms with van der Waals surface area (Å²) in [7, 11) is 1.66. The summed E-state index contributed by atoms with van der Waals surface area (Å²) in [5, 5.41) is 0. The molecule has 0 saturated carbocycles. The van der Waals surface area contributed by atoms with Gasteiger partial charge in [0.05, 0.1) is 10.2 Å². The Morgan fingerprint density at radius 3 is 2.91 bits per heavy atom. The Labute approximate surface area is 193 Å². The van der Waals surface area contributed by atoms with E-state index in [9.17, 15) is 9.59 Å². The SMILES string of the molecule is CC1CCCN(c2nc3c(c(=O)[nH]c(=O)n3C)n2CCCSc2nc3ccccc3s2)C1. The molecular weight excluding hydrogens is 444 g/mol. The number of piperidine rings is 1. The Bertz CT molecular complexity index is 1350. The van der Waals surface area contributed by atoms with E-state index in [1.165, 1.54) is 15.7 Å². The molecule has 8 nitrogen and oxygen atoms in total. The third-order valence-corrected chi connectivity index (χ3v) is 8.22. The number of aromatic nitrogens is 5. The molecule has 5 rings (SSSR count). The summed E-state index contributed by atoms with van der Waals surface area (Å²) in [6, 6.07) is 8.18. The van der Waals surface area contributed by atoms with Gasteiger partial charge >= 0.3 is 5.69 Å². The molecule has 1 fully saturated rings. The number of benzene rings is 1. The van der Waals surface area contributed by atoms with Crippen LogP contribution in [-0.4, -0.2) is 42.9 Å². The van der Waals surface area contributed by atoms with E-state index in [2.05, 4.69) is 22.9 Å². The molecule has 0 aliphatic carbocycles. The van der Waals surface area contributed by atoms with E-state index in [0.29, 0.717) is 23.6 Å². The molecule has 32 heavy (non-hydrogen) atoms. The minimum atomic E-state index is -0.433. The maximum Gasteiger partial charge on any atom is 0.329 e. The van der Waals surface area contributed by atoms with Gasteiger partial charge < -0.3 is 9.47 Å². The number of nitrogens with one attached hydrogen (secondary N) is 1. The number of aryl methyl sites for hydroxylation is 2. The van der Waals surface area contributed by atoms with Crippen molar-refractivity contribution in [1.29, 1.82) is 0 Å². The van der Waals surface area contributed by atoms with E-state index >= 15 is 0 Å². The van der Waals surface area contributed by atoms with Crippen molar-refractivity contribution in [3.63, 3.8) is 0 Å². The molecule has 0 radical (unpaired) electrons. The highest BCUT2D eigenvalue weighted by molar-refractivity contribution is 8.01. The Balaban J connectivity index is 1.41. The van der Waals surface area contributed by atoms with Gasteiger partial charge in [0, 0.05) is 32.4 Å². The number of hydrogen-bond donors (Lipinski definition) is 1. The number of para-hydroxylation sites is 1. The number of anilines is 1. The van der Waals surface area contributed by atoms with Crippen molar-refractivity contribution in [3.8, 4) is 0 Å². The molecule has 1 unspecified atom stereocenters. The van der Waals surface area contributed by atoms with Crippen LogP contribution in [0.3, 0.4) is 0 Å². The lowest BCUT2D eigenvalue weighted by Gasteiger charge is -2.32. The summed E-state index contributed by atoms with van der Waals surface area (Å²) < 4.78 is 5.70. The first-order chi connectivity index (χ1) is 15.5. The van der Waals surface area contributed by atoms with Crippen molar-refractivity contribution in [2.24, 2.45) is 13.0 Å². The second-order valence-corrected chi connectivity index (χ2v) is 10.8. The molecular formula is C22H26N6O2S2. The van der Waals surface area contributed by atoms with Gasteiger partial charge in [0.2, 0.25) is 5.95 Å². The molecule has 1 aliphatic heterocycles. The first-order valence-electron chi connectivity index (χ1n) is 10.9. The van der Waals surface area contributed by atoms with E-state index in [-0.39, 0.29) is 5.56 Å². The lowest BCUT2D eigenvalue weighted by molar-refractivity contribution is 0.438. The zero-order valence-corrected chi connectivity index (χ0v) is 19.8. The Morgan fingerprint density at radius 2 is 2.09 bits per heavy atom. The number of fused-ring (bicyclic) bond motifs is 2. The number of imidazole rings is 1. The summed E-state index contributed by atoms with van der Waals surface area (Å²) in [5.74, 6) is 2.26. The summed E-state index contributed by atoms with van der Waals surface area (Å²) in [6.07, 6.45) is 3.17. The standard InChI is InChI=1S/C22H26N6O2S2/c1-14-7-5-10-27(13-14)20-24-18-17(19(29)25-21(30)26(18)2)28(20)11-6-12-31-22-23-15-8-3-4-9-16(15)32-22/h3-4,8-9,14H,5-7,10-13H2,1-2H3,(H,25,29,30). The molecule has 3 aromatic heterocycles. The molecule has 1 N–H and O–H groups in total. The molecule has 0 amide bonds. The van der Waals surface area contributed by atoms with E-state index in [0.717, 1.165) is 47.5 Å². The van der Waals surface area contributed by atoms with E-state index in [1.54, 1.807) is 30.1 Å². The predicted molar refractivity (Wildman–Crippen MR) is 131 cm³/mol. The molecule has 1 aliphatic rings. The summed E-state index contributed by atoms with van der Waals surface area (Å²) in [6.45, 7) is 4.74. The van der Waals surface area contributed by atoms with E-state index in [4.69, 9.17) is 9.97 Å². The van der Waals surface area contributed by atoms with Crippen LogP contribution in [0.25, 0.3) is 21.4 Å². The number of rotatable bonds is 6. The van der Waals surface area contributed by atoms with Crippen molar-refractivity contribution in [3.05, 3.63) is 45.1 Å². The Hall–Kier alpha value is -2.59. The molecule has 4 heterocycles. The first kappa shape index (κ1) is 21.3. The third kappa shape index (κ3) is 3.97. The zero-order valence-electron chi connectivity index (χ0n) is 18.2. The minimum Gasteiger partial charge on any atom is -0.342 e. The first-order valence-corrected chi connectivity index (χ1v) is 12.7. The van der Waals surface area contributed by atoms with Crippen LogP contribution in [-0.2, 0) is 13.6 Å². The van der Waals surface area contributed by atoms with Gasteiger partial charge in [-0.15, -0.1) is 11.3 Å². The Morgan fingerprint density at radius 1 is 1.25 bits per heavy atom. The van der Waals surface area contributed by atoms with Crippen LogP contribution >= 0.6 is 23.1 Å². The largest absolute Gasteiger partial charge is 0.342 e. The second kappa shape index (κ2) is 8.74. The van der Waals surface area contributed by atoms with Crippen LogP contribution < -0.4 is 16.1 Å². The van der Waals surface area contributed by atoms with Crippen molar-refractivity contribution in [1.82, 2.24) is 24.1 Å². The normalized spacial score (nSPS) is 16.9. The monoisotopic (exact) mass is 470 g/mol. The van der Waals surface area contributed by atoms with Crippen molar-refractivity contribution < 1.29 is 0 Å². The maximum atomic E-state index is 12.7. The third-order valence-electron chi connectivity index (χ3n) is 5.95. The van der Waals surface area contributed by atoms with Gasteiger partial charge in [0.1, 0.15) is 0 Å². The minimum absolute atomic E-state index is 0.370. The number of nitrogens with zero attached hydrogens (tertiary/aromatic N) is 5. The molecule has 4 aromatic rings. The quantitative estimate of drug-likeness (QED) is 0.343. The molecule has 10 heteroatoms. The fraction of sp³-hybridized carbons (Fsp3) is 0.455. The number of aromatic amines is 1. The molecule has 1 atom stereocenters. The summed E-state index contributed by atoms with van der Waals surface area (Å²) in [4.78, 5) is 39.0. The molecule has 168 valence electrons. The number of hydrogen-bond acceptors (Lipinski definition) is 7. The van der Waals surface area contributed by atoms with Gasteiger partial charge in [-0.3, -0.25) is 14.3 Å². The highest BCUT2D eigenvalue weighted by atomic mass is 32.2. The summed E-state index contributed by atoms with van der Waals surface area (Å²) >= 11 is 3.46. The van der Waals surface area contributed by atoms with Crippen LogP contribution in [0.15, 0.2) is 38.2 Å². The van der Waals surface area contributed by atoms with Crippen LogP contribution in [0, 0.1) is 5.92 Å². The number of thiazole rings is 1. The van der Waals surface area contributed by atoms with Crippen molar-refractivity contribution in [2.75, 3.05) is 23.7 Å². The van der Waals surface area contributed by atoms with Crippen molar-refractivity contribution in [2.45, 2.75) is 37.1 Å². The highest BCUT2D eigenvalue weighted by Crippen LogP contribution is 2.30. The molecule has 1 aromatic carbocycles. The van der Waals surface area contributed by atoms with Crippen LogP contribution in [0.4, 0.5) is 5.95 Å². The fourth-order valence-electron chi connectivity index (χ4n) is 4.34. The lowest BCUT2D eigenvalue weighted by atomic mass is 10.0. The second-order valence-electron chi connectivity index (χ2n) is 8.40. The van der Waals surface area contributed by atoms with Crippen LogP contribution in [0.1, 0.15) is 26.2 Å². The average molecular weight is 471 g/mol. The van der Waals surface area contributed by atoms with Gasteiger partial charge in [-0.1, -0.05) is 30.8 Å². The summed E-state index contributed by atoms with van der Waals surface area (Å²) in [5.41, 5.74) is 1.16. The smallest absolute Gasteiger partial charge is 0.329 e. The topological polar surface area (TPSA) is 88.8 Å². The van der Waals surface area contributed by atoms with Gasteiger partial charge in [0.25, 0.3) is 5.56 Å². The van der Waals surface area contributed by atoms with Gasteiger partial charge in [-0.25, -0.2) is 9.78 Å². The van der Waals surface area contributed by atoms with Gasteiger partial charge in [0.15, 0.2) is 15.5 Å². The maximum absolute atomic E-state index is 12.7. The molecule has 1 saturated heterocycles. The van der Waals surface area contributed by atoms with Gasteiger partial charge in [-0.05, 0) is 37.3 Å². The average Bonchev–Trinajstić information content (AvgIpc) is 3.37. The number of H-pyrrole nitrogens is 1.